The van der Waals surface area contributed by atoms with Crippen molar-refractivity contribution in [2.45, 2.75) is 31.9 Å². The molecule has 3 rings (SSSR count). The molecule has 2 aliphatic heterocycles. The number of halogens is 1. The van der Waals surface area contributed by atoms with Crippen LogP contribution in [0.5, 0.6) is 0 Å². The van der Waals surface area contributed by atoms with E-state index in [1.165, 1.54) is 25.9 Å². The molecular formula is C17H25ClN2O. The molecular weight excluding hydrogens is 284 g/mol. The molecule has 0 amide bonds. The van der Waals surface area contributed by atoms with Crippen LogP contribution >= 0.6 is 11.6 Å². The van der Waals surface area contributed by atoms with Crippen molar-refractivity contribution in [2.75, 3.05) is 32.8 Å². The normalized spacial score (nSPS) is 31.2. The lowest BCUT2D eigenvalue weighted by molar-refractivity contribution is -0.0653. The van der Waals surface area contributed by atoms with Crippen LogP contribution in [0.1, 0.15) is 31.4 Å². The quantitative estimate of drug-likeness (QED) is 0.928. The Balaban J connectivity index is 1.65. The molecule has 2 fully saturated rings. The molecule has 1 aromatic carbocycles. The van der Waals surface area contributed by atoms with Crippen LogP contribution in [-0.4, -0.2) is 43.7 Å². The molecule has 2 saturated heterocycles. The van der Waals surface area contributed by atoms with Crippen molar-refractivity contribution in [2.24, 2.45) is 5.92 Å². The molecule has 1 N–H and O–H groups in total. The summed E-state index contributed by atoms with van der Waals surface area (Å²) in [4.78, 5) is 2.58. The highest BCUT2D eigenvalue weighted by Gasteiger charge is 2.30. The molecule has 21 heavy (non-hydrogen) atoms. The second kappa shape index (κ2) is 7.10. The van der Waals surface area contributed by atoms with E-state index in [-0.39, 0.29) is 6.10 Å². The molecule has 3 nitrogen and oxygen atoms in total. The van der Waals surface area contributed by atoms with E-state index in [4.69, 9.17) is 16.3 Å². The fourth-order valence-corrected chi connectivity index (χ4v) is 3.65. The molecule has 116 valence electrons. The van der Waals surface area contributed by atoms with Gasteiger partial charge < -0.3 is 10.1 Å². The van der Waals surface area contributed by atoms with Crippen molar-refractivity contribution < 1.29 is 4.74 Å². The van der Waals surface area contributed by atoms with Crippen LogP contribution in [0.3, 0.4) is 0 Å². The van der Waals surface area contributed by atoms with Gasteiger partial charge in [0.25, 0.3) is 0 Å². The minimum Gasteiger partial charge on any atom is -0.371 e. The van der Waals surface area contributed by atoms with Crippen LogP contribution in [0.2, 0.25) is 5.02 Å². The number of hydrogen-bond acceptors (Lipinski definition) is 3. The van der Waals surface area contributed by atoms with E-state index < -0.39 is 0 Å². The Labute approximate surface area is 132 Å². The summed E-state index contributed by atoms with van der Waals surface area (Å²) in [6.07, 6.45) is 2.75. The van der Waals surface area contributed by atoms with Gasteiger partial charge >= 0.3 is 0 Å². The Bertz CT molecular complexity index is 462. The number of piperidine rings is 1. The van der Waals surface area contributed by atoms with Crippen molar-refractivity contribution in [3.05, 3.63) is 34.9 Å². The highest BCUT2D eigenvalue weighted by atomic mass is 35.5. The molecule has 0 saturated carbocycles. The number of nitrogens with one attached hydrogen (secondary N) is 1. The Morgan fingerprint density at radius 1 is 1.38 bits per heavy atom. The molecule has 3 unspecified atom stereocenters. The van der Waals surface area contributed by atoms with Crippen LogP contribution in [0.25, 0.3) is 0 Å². The van der Waals surface area contributed by atoms with E-state index >= 15 is 0 Å². The van der Waals surface area contributed by atoms with Gasteiger partial charge in [0.15, 0.2) is 0 Å². The van der Waals surface area contributed by atoms with E-state index in [9.17, 15) is 0 Å². The summed E-state index contributed by atoms with van der Waals surface area (Å²) >= 11 is 6.33. The first-order valence-electron chi connectivity index (χ1n) is 8.05. The van der Waals surface area contributed by atoms with Crippen LogP contribution < -0.4 is 5.32 Å². The minimum absolute atomic E-state index is 0.103. The number of morpholine rings is 1. The lowest BCUT2D eigenvalue weighted by Gasteiger charge is -2.40. The monoisotopic (exact) mass is 308 g/mol. The Morgan fingerprint density at radius 3 is 3.00 bits per heavy atom. The summed E-state index contributed by atoms with van der Waals surface area (Å²) in [5.74, 6) is 0.770. The van der Waals surface area contributed by atoms with Gasteiger partial charge in [-0.2, -0.15) is 0 Å². The summed E-state index contributed by atoms with van der Waals surface area (Å²) in [6.45, 7) is 7.49. The summed E-state index contributed by atoms with van der Waals surface area (Å²) in [6, 6.07) is 8.54. The van der Waals surface area contributed by atoms with Gasteiger partial charge in [-0.3, -0.25) is 4.90 Å². The van der Waals surface area contributed by atoms with Crippen LogP contribution in [0.15, 0.2) is 24.3 Å². The Morgan fingerprint density at radius 2 is 2.24 bits per heavy atom. The number of benzene rings is 1. The van der Waals surface area contributed by atoms with Gasteiger partial charge in [0.2, 0.25) is 0 Å². The second-order valence-corrected chi connectivity index (χ2v) is 6.77. The molecule has 0 radical (unpaired) electrons. The third-order valence-electron chi connectivity index (χ3n) is 4.71. The maximum absolute atomic E-state index is 6.33. The first kappa shape index (κ1) is 15.3. The van der Waals surface area contributed by atoms with Crippen molar-refractivity contribution in [1.82, 2.24) is 10.2 Å². The average Bonchev–Trinajstić information content (AvgIpc) is 2.51. The van der Waals surface area contributed by atoms with Gasteiger partial charge in [0.1, 0.15) is 0 Å². The van der Waals surface area contributed by atoms with Crippen molar-refractivity contribution in [1.29, 1.82) is 0 Å². The van der Waals surface area contributed by atoms with E-state index in [2.05, 4.69) is 23.2 Å². The maximum atomic E-state index is 6.33. The van der Waals surface area contributed by atoms with Crippen LogP contribution in [0, 0.1) is 5.92 Å². The zero-order valence-electron chi connectivity index (χ0n) is 12.7. The van der Waals surface area contributed by atoms with Crippen LogP contribution in [0.4, 0.5) is 0 Å². The summed E-state index contributed by atoms with van der Waals surface area (Å²) in [5, 5.41) is 4.33. The van der Waals surface area contributed by atoms with Gasteiger partial charge in [-0.15, -0.1) is 0 Å². The highest BCUT2D eigenvalue weighted by Crippen LogP contribution is 2.30. The molecule has 0 aliphatic carbocycles. The highest BCUT2D eigenvalue weighted by molar-refractivity contribution is 6.31. The van der Waals surface area contributed by atoms with Gasteiger partial charge in [-0.25, -0.2) is 0 Å². The summed E-state index contributed by atoms with van der Waals surface area (Å²) in [7, 11) is 0. The standard InChI is InChI=1S/C17H25ClN2O/c1-13-12-21-17(15-6-2-3-7-16(15)18)11-20(13)10-14-5-4-8-19-9-14/h2-3,6-7,13-14,17,19H,4-5,8-12H2,1H3. The SMILES string of the molecule is CC1COC(c2ccccc2Cl)CN1CC1CCCNC1. The van der Waals surface area contributed by atoms with E-state index in [0.29, 0.717) is 6.04 Å². The zero-order chi connectivity index (χ0) is 14.7. The van der Waals surface area contributed by atoms with E-state index in [0.717, 1.165) is 36.2 Å². The molecule has 0 spiro atoms. The van der Waals surface area contributed by atoms with Gasteiger partial charge in [0, 0.05) is 29.7 Å². The zero-order valence-corrected chi connectivity index (χ0v) is 13.5. The first-order valence-corrected chi connectivity index (χ1v) is 8.42. The smallest absolute Gasteiger partial charge is 0.0967 e. The molecule has 2 heterocycles. The van der Waals surface area contributed by atoms with Gasteiger partial charge in [0.05, 0.1) is 12.7 Å². The van der Waals surface area contributed by atoms with Gasteiger partial charge in [-0.05, 0) is 44.8 Å². The molecule has 3 atom stereocenters. The van der Waals surface area contributed by atoms with E-state index in [1.54, 1.807) is 0 Å². The minimum atomic E-state index is 0.103. The third-order valence-corrected chi connectivity index (χ3v) is 5.05. The topological polar surface area (TPSA) is 24.5 Å². The molecule has 0 aromatic heterocycles. The molecule has 1 aromatic rings. The van der Waals surface area contributed by atoms with Crippen LogP contribution in [-0.2, 0) is 4.74 Å². The summed E-state index contributed by atoms with van der Waals surface area (Å²) < 4.78 is 6.03. The predicted molar refractivity (Wildman–Crippen MR) is 86.8 cm³/mol. The Kier molecular flexibility index (Phi) is 5.17. The first-order chi connectivity index (χ1) is 10.2. The fourth-order valence-electron chi connectivity index (χ4n) is 3.40. The average molecular weight is 309 g/mol. The summed E-state index contributed by atoms with van der Waals surface area (Å²) in [5.41, 5.74) is 1.12. The number of nitrogens with zero attached hydrogens (tertiary/aromatic N) is 1. The van der Waals surface area contributed by atoms with E-state index in [1.807, 2.05) is 18.2 Å². The number of rotatable bonds is 3. The Hall–Kier alpha value is -0.610. The van der Waals surface area contributed by atoms with Crippen molar-refractivity contribution in [3.8, 4) is 0 Å². The molecule has 4 heteroatoms. The maximum Gasteiger partial charge on any atom is 0.0967 e. The molecule has 2 aliphatic rings. The van der Waals surface area contributed by atoms with Crippen molar-refractivity contribution in [3.63, 3.8) is 0 Å². The lowest BCUT2D eigenvalue weighted by atomic mass is 9.97. The number of hydrogen-bond donors (Lipinski definition) is 1. The number of ether oxygens (including phenoxy) is 1. The largest absolute Gasteiger partial charge is 0.371 e. The van der Waals surface area contributed by atoms with Crippen molar-refractivity contribution >= 4 is 11.6 Å². The third kappa shape index (κ3) is 3.78. The predicted octanol–water partition coefficient (Wildman–Crippen LogP) is 3.10. The second-order valence-electron chi connectivity index (χ2n) is 6.36. The fraction of sp³-hybridized carbons (Fsp3) is 0.647. The van der Waals surface area contributed by atoms with Gasteiger partial charge in [-0.1, -0.05) is 29.8 Å². The lowest BCUT2D eigenvalue weighted by Crippen LogP contribution is -2.48. The molecule has 0 bridgehead atoms.